The van der Waals surface area contributed by atoms with Crippen LogP contribution in [0.25, 0.3) is 0 Å². The van der Waals surface area contributed by atoms with Crippen molar-refractivity contribution in [1.82, 2.24) is 4.72 Å². The van der Waals surface area contributed by atoms with Crippen LogP contribution in [-0.2, 0) is 14.8 Å². The molecule has 0 aliphatic carbocycles. The summed E-state index contributed by atoms with van der Waals surface area (Å²) in [4.78, 5) is 9.91. The molecule has 0 aliphatic heterocycles. The summed E-state index contributed by atoms with van der Waals surface area (Å²) < 4.78 is 43.9. The third-order valence-corrected chi connectivity index (χ3v) is 3.75. The molecule has 8 heteroatoms. The lowest BCUT2D eigenvalue weighted by molar-refractivity contribution is -0.255. The van der Waals surface area contributed by atoms with Gasteiger partial charge in [-0.3, -0.25) is 0 Å². The molecule has 0 bridgehead atoms. The number of nitrogens with one attached hydrogen (secondary N) is 1. The molecule has 0 heterocycles. The molecule has 106 valence electrons. The van der Waals surface area contributed by atoms with Crippen molar-refractivity contribution in [2.45, 2.75) is 11.3 Å². The zero-order chi connectivity index (χ0) is 14.5. The highest BCUT2D eigenvalue weighted by molar-refractivity contribution is 7.89. The van der Waals surface area contributed by atoms with Gasteiger partial charge < -0.3 is 14.6 Å². The number of carbonyl (C=O) groups is 1. The van der Waals surface area contributed by atoms with E-state index < -0.39 is 32.3 Å². The molecule has 0 unspecified atom stereocenters. The summed E-state index contributed by atoms with van der Waals surface area (Å²) in [6, 6.07) is 2.44. The molecule has 0 aliphatic rings. The molecule has 6 nitrogen and oxygen atoms in total. The predicted octanol–water partition coefficient (Wildman–Crippen LogP) is -0.496. The smallest absolute Gasteiger partial charge is 0.243 e. The fourth-order valence-corrected chi connectivity index (χ4v) is 2.51. The molecular formula is C11H13FNO5S-. The summed E-state index contributed by atoms with van der Waals surface area (Å²) in [7, 11) is -2.63. The second-order valence-corrected chi connectivity index (χ2v) is 5.41. The van der Waals surface area contributed by atoms with Crippen LogP contribution >= 0.6 is 0 Å². The Balaban J connectivity index is 2.94. The van der Waals surface area contributed by atoms with Crippen molar-refractivity contribution in [2.75, 3.05) is 20.3 Å². The van der Waals surface area contributed by atoms with Gasteiger partial charge in [0, 0.05) is 20.3 Å². The number of rotatable bonds is 7. The van der Waals surface area contributed by atoms with Crippen molar-refractivity contribution >= 4 is 16.0 Å². The lowest BCUT2D eigenvalue weighted by Gasteiger charge is -2.09. The Hall–Kier alpha value is -1.51. The van der Waals surface area contributed by atoms with Gasteiger partial charge in [0.2, 0.25) is 10.0 Å². The van der Waals surface area contributed by atoms with E-state index in [9.17, 15) is 22.7 Å². The van der Waals surface area contributed by atoms with E-state index >= 15 is 0 Å². The van der Waals surface area contributed by atoms with Gasteiger partial charge in [0.05, 0.1) is 5.97 Å². The summed E-state index contributed by atoms with van der Waals surface area (Å²) in [6.07, 6.45) is 0.414. The standard InChI is InChI=1S/C11H14FNO5S/c1-18-6-2-5-13-19(16,17)10-7-8(11(14)15)3-4-9(10)12/h3-4,7,13H,2,5-6H2,1H3,(H,14,15)/p-1. The van der Waals surface area contributed by atoms with Crippen molar-refractivity contribution < 1.29 is 27.4 Å². The van der Waals surface area contributed by atoms with Gasteiger partial charge in [-0.2, -0.15) is 0 Å². The number of carbonyl (C=O) groups excluding carboxylic acids is 1. The van der Waals surface area contributed by atoms with Crippen molar-refractivity contribution in [3.05, 3.63) is 29.6 Å². The molecule has 0 spiro atoms. The maximum atomic E-state index is 13.4. The number of carboxylic acid groups (broad SMARTS) is 1. The number of hydrogen-bond acceptors (Lipinski definition) is 5. The molecule has 1 rings (SSSR count). The number of hydrogen-bond donors (Lipinski definition) is 1. The monoisotopic (exact) mass is 290 g/mol. The van der Waals surface area contributed by atoms with Crippen molar-refractivity contribution in [2.24, 2.45) is 0 Å². The minimum atomic E-state index is -4.10. The van der Waals surface area contributed by atoms with Crippen LogP contribution in [0.4, 0.5) is 4.39 Å². The summed E-state index contributed by atoms with van der Waals surface area (Å²) >= 11 is 0. The molecule has 0 saturated heterocycles. The number of aromatic carboxylic acids is 1. The van der Waals surface area contributed by atoms with Gasteiger partial charge in [0.15, 0.2) is 0 Å². The van der Waals surface area contributed by atoms with E-state index in [-0.39, 0.29) is 6.54 Å². The number of methoxy groups -OCH3 is 1. The Morgan fingerprint density at radius 2 is 2.16 bits per heavy atom. The van der Waals surface area contributed by atoms with E-state index in [1.165, 1.54) is 7.11 Å². The normalized spacial score (nSPS) is 11.5. The van der Waals surface area contributed by atoms with E-state index in [4.69, 9.17) is 4.74 Å². The maximum Gasteiger partial charge on any atom is 0.243 e. The SMILES string of the molecule is COCCCNS(=O)(=O)c1cc(C(=O)[O-])ccc1F. The topological polar surface area (TPSA) is 95.5 Å². The first-order valence-electron chi connectivity index (χ1n) is 5.38. The molecule has 1 N–H and O–H groups in total. The first kappa shape index (κ1) is 15.5. The number of sulfonamides is 1. The van der Waals surface area contributed by atoms with Gasteiger partial charge >= 0.3 is 0 Å². The van der Waals surface area contributed by atoms with Gasteiger partial charge in [-0.05, 0) is 24.1 Å². The molecule has 19 heavy (non-hydrogen) atoms. The minimum Gasteiger partial charge on any atom is -0.545 e. The minimum absolute atomic E-state index is 0.0607. The first-order chi connectivity index (χ1) is 8.88. The predicted molar refractivity (Wildman–Crippen MR) is 62.4 cm³/mol. The lowest BCUT2D eigenvalue weighted by atomic mass is 10.2. The summed E-state index contributed by atoms with van der Waals surface area (Å²) in [5, 5.41) is 10.6. The van der Waals surface area contributed by atoms with Crippen LogP contribution in [0.2, 0.25) is 0 Å². The van der Waals surface area contributed by atoms with Gasteiger partial charge in [-0.1, -0.05) is 6.07 Å². The van der Waals surface area contributed by atoms with Crippen molar-refractivity contribution in [3.8, 4) is 0 Å². The Morgan fingerprint density at radius 3 is 2.74 bits per heavy atom. The Kier molecular flexibility index (Phi) is 5.40. The highest BCUT2D eigenvalue weighted by atomic mass is 32.2. The van der Waals surface area contributed by atoms with Crippen LogP contribution < -0.4 is 9.83 Å². The van der Waals surface area contributed by atoms with E-state index in [1.807, 2.05) is 0 Å². The molecule has 1 aromatic rings. The van der Waals surface area contributed by atoms with Gasteiger partial charge in [0.1, 0.15) is 10.7 Å². The summed E-state index contributed by atoms with van der Waals surface area (Å²) in [6.45, 7) is 0.412. The van der Waals surface area contributed by atoms with Crippen LogP contribution in [0.3, 0.4) is 0 Å². The maximum absolute atomic E-state index is 13.4. The summed E-state index contributed by atoms with van der Waals surface area (Å²) in [5.41, 5.74) is -0.404. The van der Waals surface area contributed by atoms with Gasteiger partial charge in [-0.25, -0.2) is 17.5 Å². The Bertz CT molecular complexity index is 558. The van der Waals surface area contributed by atoms with Crippen LogP contribution in [0.5, 0.6) is 0 Å². The van der Waals surface area contributed by atoms with Crippen LogP contribution in [0.15, 0.2) is 23.1 Å². The molecule has 1 aromatic carbocycles. The number of ether oxygens (including phenoxy) is 1. The first-order valence-corrected chi connectivity index (χ1v) is 6.86. The zero-order valence-electron chi connectivity index (χ0n) is 10.2. The molecule has 0 saturated carbocycles. The van der Waals surface area contributed by atoms with E-state index in [2.05, 4.69) is 4.72 Å². The second kappa shape index (κ2) is 6.60. The number of carboxylic acids is 1. The van der Waals surface area contributed by atoms with Gasteiger partial charge in [-0.15, -0.1) is 0 Å². The fourth-order valence-electron chi connectivity index (χ4n) is 1.34. The van der Waals surface area contributed by atoms with Crippen molar-refractivity contribution in [3.63, 3.8) is 0 Å². The van der Waals surface area contributed by atoms with Crippen LogP contribution in [0.1, 0.15) is 16.8 Å². The lowest BCUT2D eigenvalue weighted by Crippen LogP contribution is -2.27. The number of halogens is 1. The largest absolute Gasteiger partial charge is 0.545 e. The average molecular weight is 290 g/mol. The van der Waals surface area contributed by atoms with Crippen LogP contribution in [-0.4, -0.2) is 34.6 Å². The Labute approximate surface area is 110 Å². The molecular weight excluding hydrogens is 277 g/mol. The third-order valence-electron chi connectivity index (χ3n) is 2.27. The van der Waals surface area contributed by atoms with Gasteiger partial charge in [0.25, 0.3) is 0 Å². The van der Waals surface area contributed by atoms with Crippen molar-refractivity contribution in [1.29, 1.82) is 0 Å². The molecule has 0 fully saturated rings. The fraction of sp³-hybridized carbons (Fsp3) is 0.364. The van der Waals surface area contributed by atoms with E-state index in [0.29, 0.717) is 13.0 Å². The highest BCUT2D eigenvalue weighted by Gasteiger charge is 2.19. The highest BCUT2D eigenvalue weighted by Crippen LogP contribution is 2.16. The average Bonchev–Trinajstić information content (AvgIpc) is 2.34. The van der Waals surface area contributed by atoms with E-state index in [0.717, 1.165) is 18.2 Å². The quantitative estimate of drug-likeness (QED) is 0.683. The molecule has 0 amide bonds. The molecule has 0 radical (unpaired) electrons. The molecule has 0 atom stereocenters. The zero-order valence-corrected chi connectivity index (χ0v) is 11.0. The second-order valence-electron chi connectivity index (χ2n) is 3.68. The van der Waals surface area contributed by atoms with Crippen LogP contribution in [0, 0.1) is 5.82 Å². The number of benzene rings is 1. The molecule has 0 aromatic heterocycles. The third kappa shape index (κ3) is 4.27. The van der Waals surface area contributed by atoms with E-state index in [1.54, 1.807) is 0 Å². The Morgan fingerprint density at radius 1 is 1.47 bits per heavy atom. The summed E-state index contributed by atoms with van der Waals surface area (Å²) in [5.74, 6) is -2.60.